The number of benzene rings is 3. The first-order chi connectivity index (χ1) is 19.6. The fourth-order valence-corrected chi connectivity index (χ4v) is 6.12. The summed E-state index contributed by atoms with van der Waals surface area (Å²) in [6.07, 6.45) is 2.05. The Morgan fingerprint density at radius 2 is 1.71 bits per heavy atom. The summed E-state index contributed by atoms with van der Waals surface area (Å²) in [6, 6.07) is 19.3. The van der Waals surface area contributed by atoms with Crippen LogP contribution in [-0.4, -0.2) is 51.4 Å². The summed E-state index contributed by atoms with van der Waals surface area (Å²) in [5.74, 6) is -0.223. The maximum atomic E-state index is 14.1. The number of anilines is 1. The van der Waals surface area contributed by atoms with Crippen molar-refractivity contribution in [1.29, 1.82) is 0 Å². The van der Waals surface area contributed by atoms with Gasteiger partial charge in [0.15, 0.2) is 0 Å². The number of unbranched alkanes of at least 4 members (excludes halogenated alkanes) is 1. The normalized spacial score (nSPS) is 11.9. The van der Waals surface area contributed by atoms with Crippen LogP contribution in [-0.2, 0) is 26.2 Å². The molecular weight excluding hydrogens is 562 g/mol. The average Bonchev–Trinajstić information content (AvgIpc) is 2.96. The van der Waals surface area contributed by atoms with Crippen molar-refractivity contribution in [3.8, 4) is 5.75 Å². The summed E-state index contributed by atoms with van der Waals surface area (Å²) in [4.78, 5) is 28.9. The second kappa shape index (κ2) is 14.9. The minimum Gasteiger partial charge on any atom is -0.497 e. The number of halogens is 1. The third-order valence-corrected chi connectivity index (χ3v) is 8.81. The topological polar surface area (TPSA) is 96.0 Å². The quantitative estimate of drug-likeness (QED) is 0.244. The van der Waals surface area contributed by atoms with Gasteiger partial charge >= 0.3 is 0 Å². The van der Waals surface area contributed by atoms with E-state index in [-0.39, 0.29) is 28.1 Å². The first-order valence-corrected chi connectivity index (χ1v) is 15.5. The van der Waals surface area contributed by atoms with E-state index in [1.807, 2.05) is 26.8 Å². The Hall–Kier alpha value is -3.56. The van der Waals surface area contributed by atoms with E-state index in [0.29, 0.717) is 18.7 Å². The van der Waals surface area contributed by atoms with Gasteiger partial charge in [-0.05, 0) is 61.7 Å². The zero-order valence-corrected chi connectivity index (χ0v) is 25.5. The fraction of sp³-hybridized carbons (Fsp3) is 0.355. The molecule has 0 heterocycles. The molecule has 3 rings (SSSR count). The van der Waals surface area contributed by atoms with Crippen molar-refractivity contribution in [3.63, 3.8) is 0 Å². The molecule has 3 aromatic rings. The first kappa shape index (κ1) is 32.0. The second-order valence-corrected chi connectivity index (χ2v) is 12.0. The van der Waals surface area contributed by atoms with Gasteiger partial charge in [0.05, 0.1) is 22.7 Å². The van der Waals surface area contributed by atoms with E-state index in [9.17, 15) is 18.0 Å². The molecule has 0 bridgehead atoms. The van der Waals surface area contributed by atoms with Gasteiger partial charge in [-0.15, -0.1) is 0 Å². The van der Waals surface area contributed by atoms with Crippen molar-refractivity contribution >= 4 is 39.1 Å². The van der Waals surface area contributed by atoms with E-state index in [2.05, 4.69) is 5.32 Å². The molecule has 0 aliphatic rings. The highest BCUT2D eigenvalue weighted by Gasteiger charge is 2.34. The van der Waals surface area contributed by atoms with E-state index in [1.165, 1.54) is 17.0 Å². The van der Waals surface area contributed by atoms with Crippen molar-refractivity contribution in [1.82, 2.24) is 10.2 Å². The number of nitrogens with zero attached hydrogens (tertiary/aromatic N) is 2. The van der Waals surface area contributed by atoms with E-state index < -0.39 is 28.5 Å². The number of ether oxygens (including phenoxy) is 1. The number of hydrogen-bond donors (Lipinski definition) is 1. The number of methoxy groups -OCH3 is 1. The summed E-state index contributed by atoms with van der Waals surface area (Å²) in [5, 5.41) is 3.10. The molecule has 1 atom stereocenters. The molecule has 0 spiro atoms. The smallest absolute Gasteiger partial charge is 0.264 e. The summed E-state index contributed by atoms with van der Waals surface area (Å²) in [7, 11) is -2.64. The number of carbonyl (C=O) groups excluding carboxylic acids is 2. The number of amides is 2. The van der Waals surface area contributed by atoms with Crippen LogP contribution in [0.3, 0.4) is 0 Å². The second-order valence-electron chi connectivity index (χ2n) is 9.72. The van der Waals surface area contributed by atoms with Crippen molar-refractivity contribution < 1.29 is 22.7 Å². The third kappa shape index (κ3) is 8.24. The number of hydrogen-bond acceptors (Lipinski definition) is 5. The van der Waals surface area contributed by atoms with Gasteiger partial charge in [-0.3, -0.25) is 13.9 Å². The molecule has 41 heavy (non-hydrogen) atoms. The number of nitrogens with one attached hydrogen (secondary N) is 1. The molecule has 2 amide bonds. The van der Waals surface area contributed by atoms with Crippen LogP contribution < -0.4 is 14.4 Å². The van der Waals surface area contributed by atoms with Crippen LogP contribution in [0.25, 0.3) is 0 Å². The van der Waals surface area contributed by atoms with E-state index in [4.69, 9.17) is 16.3 Å². The lowest BCUT2D eigenvalue weighted by molar-refractivity contribution is -0.140. The SMILES string of the molecule is CCCCNC(=O)C(CC)N(Cc1cccc(OC)c1)C(=O)CN(c1ccccc1Cl)S(=O)(=O)c1ccc(C)cc1. The average molecular weight is 600 g/mol. The Morgan fingerprint density at radius 1 is 1.00 bits per heavy atom. The molecule has 0 fully saturated rings. The van der Waals surface area contributed by atoms with E-state index >= 15 is 0 Å². The van der Waals surface area contributed by atoms with Crippen LogP contribution in [0.5, 0.6) is 5.75 Å². The van der Waals surface area contributed by atoms with Crippen molar-refractivity contribution in [2.24, 2.45) is 0 Å². The highest BCUT2D eigenvalue weighted by atomic mass is 35.5. The van der Waals surface area contributed by atoms with Crippen LogP contribution in [0.1, 0.15) is 44.2 Å². The predicted molar refractivity (Wildman–Crippen MR) is 163 cm³/mol. The van der Waals surface area contributed by atoms with Gasteiger partial charge in [-0.25, -0.2) is 8.42 Å². The number of sulfonamides is 1. The molecule has 3 aromatic carbocycles. The molecule has 0 radical (unpaired) electrons. The Labute approximate surface area is 248 Å². The number of para-hydroxylation sites is 1. The van der Waals surface area contributed by atoms with Crippen LogP contribution in [0.2, 0.25) is 5.02 Å². The zero-order valence-electron chi connectivity index (χ0n) is 24.0. The predicted octanol–water partition coefficient (Wildman–Crippen LogP) is 5.58. The van der Waals surface area contributed by atoms with Gasteiger partial charge < -0.3 is 15.0 Å². The zero-order chi connectivity index (χ0) is 30.0. The summed E-state index contributed by atoms with van der Waals surface area (Å²) >= 11 is 6.47. The van der Waals surface area contributed by atoms with Crippen LogP contribution in [0.4, 0.5) is 5.69 Å². The Kier molecular flexibility index (Phi) is 11.6. The molecule has 1 N–H and O–H groups in total. The molecule has 0 aromatic heterocycles. The number of aryl methyl sites for hydroxylation is 1. The molecule has 220 valence electrons. The lowest BCUT2D eigenvalue weighted by Crippen LogP contribution is -2.52. The van der Waals surface area contributed by atoms with Gasteiger partial charge in [-0.1, -0.05) is 73.8 Å². The van der Waals surface area contributed by atoms with Crippen molar-refractivity contribution in [2.45, 2.75) is 57.5 Å². The van der Waals surface area contributed by atoms with E-state index in [0.717, 1.165) is 28.3 Å². The monoisotopic (exact) mass is 599 g/mol. The minimum atomic E-state index is -4.19. The highest BCUT2D eigenvalue weighted by molar-refractivity contribution is 7.92. The summed E-state index contributed by atoms with van der Waals surface area (Å²) in [6.45, 7) is 5.73. The lowest BCUT2D eigenvalue weighted by Gasteiger charge is -2.33. The molecule has 0 saturated heterocycles. The van der Waals surface area contributed by atoms with Crippen LogP contribution in [0, 0.1) is 6.92 Å². The summed E-state index contributed by atoms with van der Waals surface area (Å²) in [5.41, 5.74) is 1.81. The molecule has 10 heteroatoms. The maximum Gasteiger partial charge on any atom is 0.264 e. The van der Waals surface area contributed by atoms with Gasteiger partial charge in [0.2, 0.25) is 11.8 Å². The fourth-order valence-electron chi connectivity index (χ4n) is 4.40. The summed E-state index contributed by atoms with van der Waals surface area (Å²) < 4.78 is 34.3. The molecule has 0 aliphatic heterocycles. The molecule has 1 unspecified atom stereocenters. The van der Waals surface area contributed by atoms with Gasteiger partial charge in [0.1, 0.15) is 18.3 Å². The number of rotatable bonds is 14. The minimum absolute atomic E-state index is 0.0273. The van der Waals surface area contributed by atoms with Crippen LogP contribution in [0.15, 0.2) is 77.7 Å². The Morgan fingerprint density at radius 3 is 2.34 bits per heavy atom. The molecule has 0 aliphatic carbocycles. The maximum absolute atomic E-state index is 14.1. The van der Waals surface area contributed by atoms with Gasteiger partial charge in [0, 0.05) is 13.1 Å². The largest absolute Gasteiger partial charge is 0.497 e. The van der Waals surface area contributed by atoms with Gasteiger partial charge in [0.25, 0.3) is 10.0 Å². The Balaban J connectivity index is 2.05. The molecule has 8 nitrogen and oxygen atoms in total. The molecular formula is C31H38ClN3O5S. The Bertz CT molecular complexity index is 1430. The highest BCUT2D eigenvalue weighted by Crippen LogP contribution is 2.31. The van der Waals surface area contributed by atoms with Crippen molar-refractivity contribution in [2.75, 3.05) is 24.5 Å². The lowest BCUT2D eigenvalue weighted by atomic mass is 10.1. The van der Waals surface area contributed by atoms with Crippen molar-refractivity contribution in [3.05, 3.63) is 88.9 Å². The van der Waals surface area contributed by atoms with Gasteiger partial charge in [-0.2, -0.15) is 0 Å². The third-order valence-electron chi connectivity index (χ3n) is 6.71. The van der Waals surface area contributed by atoms with Crippen LogP contribution >= 0.6 is 11.6 Å². The first-order valence-electron chi connectivity index (χ1n) is 13.7. The number of carbonyl (C=O) groups is 2. The standard InChI is InChI=1S/C31H38ClN3O5S/c1-5-7-19-33-31(37)28(6-2)34(21-24-11-10-12-25(20-24)40-4)30(36)22-35(29-14-9-8-13-27(29)32)41(38,39)26-17-15-23(3)16-18-26/h8-18,20,28H,5-7,19,21-22H2,1-4H3,(H,33,37). The van der Waals surface area contributed by atoms with E-state index in [1.54, 1.807) is 61.7 Å². The molecule has 0 saturated carbocycles.